The highest BCUT2D eigenvalue weighted by Crippen LogP contribution is 2.24. The topological polar surface area (TPSA) is 59.1 Å². The number of Topliss-reactive ketones (excluding diaryl/α,β-unsaturated/α-hetero) is 1. The molecular weight excluding hydrogens is 264 g/mol. The average molecular weight is 280 g/mol. The second-order valence-electron chi connectivity index (χ2n) is 5.33. The zero-order chi connectivity index (χ0) is 15.0. The number of rotatable bonds is 0. The van der Waals surface area contributed by atoms with Crippen LogP contribution >= 0.6 is 0 Å². The van der Waals surface area contributed by atoms with Crippen molar-refractivity contribution < 1.29 is 9.59 Å². The Labute approximate surface area is 123 Å². The summed E-state index contributed by atoms with van der Waals surface area (Å²) in [5, 5.41) is 2.85. The maximum absolute atomic E-state index is 12.6. The molecule has 1 aromatic carbocycles. The van der Waals surface area contributed by atoms with Crippen LogP contribution in [-0.2, 0) is 6.42 Å². The summed E-state index contributed by atoms with van der Waals surface area (Å²) in [6, 6.07) is 9.02. The van der Waals surface area contributed by atoms with Crippen LogP contribution in [0.3, 0.4) is 0 Å². The van der Waals surface area contributed by atoms with Crippen molar-refractivity contribution in [2.75, 3.05) is 5.32 Å². The van der Waals surface area contributed by atoms with Gasteiger partial charge in [0.15, 0.2) is 5.78 Å². The fraction of sp³-hybridized carbons (Fsp3) is 0.235. The summed E-state index contributed by atoms with van der Waals surface area (Å²) < 4.78 is 0. The first-order valence-corrected chi connectivity index (χ1v) is 6.97. The van der Waals surface area contributed by atoms with Gasteiger partial charge in [0.25, 0.3) is 5.91 Å². The maximum Gasteiger partial charge on any atom is 0.257 e. The van der Waals surface area contributed by atoms with Gasteiger partial charge in [-0.25, -0.2) is 0 Å². The Morgan fingerprint density at radius 2 is 1.86 bits per heavy atom. The van der Waals surface area contributed by atoms with Gasteiger partial charge in [0.1, 0.15) is 0 Å². The van der Waals surface area contributed by atoms with E-state index in [4.69, 9.17) is 0 Å². The summed E-state index contributed by atoms with van der Waals surface area (Å²) >= 11 is 0. The molecule has 21 heavy (non-hydrogen) atoms. The van der Waals surface area contributed by atoms with E-state index in [0.29, 0.717) is 35.3 Å². The van der Waals surface area contributed by atoms with Crippen LogP contribution in [0.5, 0.6) is 0 Å². The third kappa shape index (κ3) is 2.44. The number of para-hydroxylation sites is 1. The summed E-state index contributed by atoms with van der Waals surface area (Å²) in [4.78, 5) is 29.3. The van der Waals surface area contributed by atoms with Crippen LogP contribution in [0.1, 0.15) is 44.1 Å². The molecule has 1 N–H and O–H groups in total. The molecule has 0 radical (unpaired) electrons. The lowest BCUT2D eigenvalue weighted by atomic mass is 10.0. The molecule has 0 unspecified atom stereocenters. The largest absolute Gasteiger partial charge is 0.321 e. The standard InChI is InChI=1S/C17H16N2O2/c1-10-9-11(2)18-14-7-8-15(20)12-5-3-4-6-13(12)19-17(21)16(10)14/h3-6,9H,7-8H2,1-2H3,(H,19,21). The number of benzene rings is 1. The van der Waals surface area contributed by atoms with Gasteiger partial charge in [-0.15, -0.1) is 0 Å². The van der Waals surface area contributed by atoms with Crippen LogP contribution in [0.25, 0.3) is 0 Å². The number of amides is 1. The summed E-state index contributed by atoms with van der Waals surface area (Å²) in [6.07, 6.45) is 0.841. The Bertz CT molecular complexity index is 750. The minimum Gasteiger partial charge on any atom is -0.321 e. The SMILES string of the molecule is Cc1cc(C)c2c(n1)CCC(=O)c1ccccc1NC2=O. The van der Waals surface area contributed by atoms with Crippen molar-refractivity contribution in [2.45, 2.75) is 26.7 Å². The number of aryl methyl sites for hydroxylation is 3. The average Bonchev–Trinajstić information content (AvgIpc) is 2.48. The van der Waals surface area contributed by atoms with E-state index in [2.05, 4.69) is 10.3 Å². The molecule has 1 aliphatic rings. The first-order valence-electron chi connectivity index (χ1n) is 6.97. The lowest BCUT2D eigenvalue weighted by molar-refractivity contribution is 0.0982. The van der Waals surface area contributed by atoms with Gasteiger partial charge in [0, 0.05) is 17.7 Å². The van der Waals surface area contributed by atoms with Gasteiger partial charge in [-0.2, -0.15) is 0 Å². The second kappa shape index (κ2) is 5.13. The van der Waals surface area contributed by atoms with E-state index in [9.17, 15) is 9.59 Å². The number of aromatic nitrogens is 1. The number of nitrogens with one attached hydrogen (secondary N) is 1. The third-order valence-corrected chi connectivity index (χ3v) is 3.71. The molecule has 2 heterocycles. The van der Waals surface area contributed by atoms with Crippen molar-refractivity contribution >= 4 is 17.4 Å². The van der Waals surface area contributed by atoms with Crippen LogP contribution in [0, 0.1) is 13.8 Å². The van der Waals surface area contributed by atoms with Gasteiger partial charge >= 0.3 is 0 Å². The van der Waals surface area contributed by atoms with E-state index < -0.39 is 0 Å². The van der Waals surface area contributed by atoms with Crippen molar-refractivity contribution in [3.05, 3.63) is 58.4 Å². The van der Waals surface area contributed by atoms with E-state index in [1.165, 1.54) is 0 Å². The first-order chi connectivity index (χ1) is 10.1. The van der Waals surface area contributed by atoms with E-state index in [0.717, 1.165) is 11.3 Å². The van der Waals surface area contributed by atoms with Crippen molar-refractivity contribution in [1.29, 1.82) is 0 Å². The Balaban J connectivity index is 2.15. The third-order valence-electron chi connectivity index (χ3n) is 3.71. The van der Waals surface area contributed by atoms with Gasteiger partial charge < -0.3 is 5.32 Å². The van der Waals surface area contributed by atoms with Crippen LogP contribution in [0.2, 0.25) is 0 Å². The molecule has 0 bridgehead atoms. The summed E-state index contributed by atoms with van der Waals surface area (Å²) in [6.45, 7) is 3.80. The second-order valence-corrected chi connectivity index (χ2v) is 5.33. The molecule has 0 aliphatic carbocycles. The molecule has 106 valence electrons. The summed E-state index contributed by atoms with van der Waals surface area (Å²) in [7, 11) is 0. The smallest absolute Gasteiger partial charge is 0.257 e. The highest BCUT2D eigenvalue weighted by Gasteiger charge is 2.22. The van der Waals surface area contributed by atoms with Crippen LogP contribution in [-0.4, -0.2) is 16.7 Å². The number of anilines is 1. The van der Waals surface area contributed by atoms with Crippen molar-refractivity contribution in [3.8, 4) is 0 Å². The van der Waals surface area contributed by atoms with Crippen LogP contribution < -0.4 is 5.32 Å². The lowest BCUT2D eigenvalue weighted by Crippen LogP contribution is -2.17. The van der Waals surface area contributed by atoms with Crippen molar-refractivity contribution in [1.82, 2.24) is 4.98 Å². The zero-order valence-corrected chi connectivity index (χ0v) is 12.1. The fourth-order valence-corrected chi connectivity index (χ4v) is 2.79. The molecule has 0 saturated heterocycles. The normalized spacial score (nSPS) is 14.4. The number of carbonyl (C=O) groups excluding carboxylic acids is 2. The minimum absolute atomic E-state index is 0.0275. The number of fused-ring (bicyclic) bond motifs is 2. The number of pyridine rings is 1. The van der Waals surface area contributed by atoms with Gasteiger partial charge in [0.2, 0.25) is 0 Å². The van der Waals surface area contributed by atoms with Gasteiger partial charge in [-0.1, -0.05) is 12.1 Å². The highest BCUT2D eigenvalue weighted by atomic mass is 16.2. The Kier molecular flexibility index (Phi) is 3.29. The molecular formula is C17H16N2O2. The van der Waals surface area contributed by atoms with Crippen molar-refractivity contribution in [2.24, 2.45) is 0 Å². The minimum atomic E-state index is -0.197. The molecule has 1 aliphatic heterocycles. The summed E-state index contributed by atoms with van der Waals surface area (Å²) in [5.41, 5.74) is 4.18. The van der Waals surface area contributed by atoms with E-state index in [1.807, 2.05) is 32.0 Å². The van der Waals surface area contributed by atoms with Crippen molar-refractivity contribution in [3.63, 3.8) is 0 Å². The molecule has 0 fully saturated rings. The lowest BCUT2D eigenvalue weighted by Gasteiger charge is -2.12. The number of hydrogen-bond donors (Lipinski definition) is 1. The fourth-order valence-electron chi connectivity index (χ4n) is 2.79. The molecule has 4 nitrogen and oxygen atoms in total. The predicted molar refractivity (Wildman–Crippen MR) is 80.8 cm³/mol. The Hall–Kier alpha value is -2.49. The Morgan fingerprint density at radius 3 is 2.67 bits per heavy atom. The quantitative estimate of drug-likeness (QED) is 0.806. The van der Waals surface area contributed by atoms with E-state index >= 15 is 0 Å². The number of hydrogen-bond acceptors (Lipinski definition) is 3. The van der Waals surface area contributed by atoms with Crippen LogP contribution in [0.4, 0.5) is 5.69 Å². The van der Waals surface area contributed by atoms with Gasteiger partial charge in [-0.3, -0.25) is 14.6 Å². The highest BCUT2D eigenvalue weighted by molar-refractivity contribution is 6.11. The van der Waals surface area contributed by atoms with E-state index in [1.54, 1.807) is 12.1 Å². The number of nitrogens with zero attached hydrogens (tertiary/aromatic N) is 1. The van der Waals surface area contributed by atoms with Gasteiger partial charge in [0.05, 0.1) is 16.9 Å². The predicted octanol–water partition coefficient (Wildman–Crippen LogP) is 3.08. The summed E-state index contributed by atoms with van der Waals surface area (Å²) in [5.74, 6) is -0.170. The molecule has 0 atom stereocenters. The molecule has 0 spiro atoms. The molecule has 4 heteroatoms. The molecule has 2 aromatic rings. The molecule has 1 amide bonds. The molecule has 3 rings (SSSR count). The zero-order valence-electron chi connectivity index (χ0n) is 12.1. The Morgan fingerprint density at radius 1 is 1.10 bits per heavy atom. The monoisotopic (exact) mass is 280 g/mol. The van der Waals surface area contributed by atoms with E-state index in [-0.39, 0.29) is 11.7 Å². The van der Waals surface area contributed by atoms with Gasteiger partial charge in [-0.05, 0) is 44.0 Å². The molecule has 1 aromatic heterocycles. The number of ketones is 1. The van der Waals surface area contributed by atoms with Crippen LogP contribution in [0.15, 0.2) is 30.3 Å². The molecule has 0 saturated carbocycles. The number of carbonyl (C=O) groups is 2. The maximum atomic E-state index is 12.6. The first kappa shape index (κ1) is 13.5.